The average Bonchev–Trinajstić information content (AvgIpc) is 3.16. The van der Waals surface area contributed by atoms with Gasteiger partial charge >= 0.3 is 0 Å². The molecule has 5 rings (SSSR count). The maximum absolute atomic E-state index is 13.5. The second kappa shape index (κ2) is 10.7. The van der Waals surface area contributed by atoms with Crippen LogP contribution in [0.15, 0.2) is 58.1 Å². The molecule has 200 valence electrons. The minimum absolute atomic E-state index is 0.118. The molecule has 0 spiro atoms. The first-order chi connectivity index (χ1) is 18.3. The van der Waals surface area contributed by atoms with Crippen molar-refractivity contribution in [3.8, 4) is 0 Å². The number of furan rings is 1. The third-order valence-corrected chi connectivity index (χ3v) is 9.05. The number of nitrogens with zero attached hydrogens (tertiary/aromatic N) is 3. The molecule has 2 aliphatic rings. The van der Waals surface area contributed by atoms with E-state index < -0.39 is 33.8 Å². The molecule has 38 heavy (non-hydrogen) atoms. The predicted octanol–water partition coefficient (Wildman–Crippen LogP) is 2.67. The first-order valence-electron chi connectivity index (χ1n) is 12.8. The monoisotopic (exact) mass is 538 g/mol. The van der Waals surface area contributed by atoms with E-state index in [1.54, 1.807) is 18.2 Å². The number of piperidine rings is 1. The van der Waals surface area contributed by atoms with Gasteiger partial charge in [-0.3, -0.25) is 14.4 Å². The van der Waals surface area contributed by atoms with E-state index in [0.717, 1.165) is 28.1 Å². The molecule has 0 bridgehead atoms. The van der Waals surface area contributed by atoms with E-state index in [9.17, 15) is 22.8 Å². The van der Waals surface area contributed by atoms with Crippen molar-refractivity contribution in [2.75, 3.05) is 19.6 Å². The summed E-state index contributed by atoms with van der Waals surface area (Å²) >= 11 is 0. The van der Waals surface area contributed by atoms with Crippen LogP contribution < -0.4 is 5.32 Å². The molecule has 3 aromatic rings. The fraction of sp³-hybridized carbons (Fsp3) is 0.407. The van der Waals surface area contributed by atoms with Crippen LogP contribution in [0.5, 0.6) is 0 Å². The van der Waals surface area contributed by atoms with Gasteiger partial charge in [0, 0.05) is 30.2 Å². The lowest BCUT2D eigenvalue weighted by Crippen LogP contribution is -2.55. The summed E-state index contributed by atoms with van der Waals surface area (Å²) in [7, 11) is -3.93. The number of likely N-dealkylation sites (tertiary alicyclic amines) is 1. The van der Waals surface area contributed by atoms with Crippen LogP contribution in [0.25, 0.3) is 11.0 Å². The van der Waals surface area contributed by atoms with E-state index in [0.29, 0.717) is 31.4 Å². The summed E-state index contributed by atoms with van der Waals surface area (Å²) in [5.41, 5.74) is 1.34. The van der Waals surface area contributed by atoms with E-state index in [-0.39, 0.29) is 29.8 Å². The fourth-order valence-corrected chi connectivity index (χ4v) is 6.59. The third-order valence-electron chi connectivity index (χ3n) is 7.28. The maximum Gasteiger partial charge on any atom is 0.290 e. The maximum atomic E-state index is 13.5. The summed E-state index contributed by atoms with van der Waals surface area (Å²) in [6, 6.07) is 10.4. The number of aryl methyl sites for hydroxylation is 1. The molecular weight excluding hydrogens is 508 g/mol. The zero-order valence-corrected chi connectivity index (χ0v) is 21.9. The summed E-state index contributed by atoms with van der Waals surface area (Å²) in [5, 5.41) is 3.55. The average molecular weight is 539 g/mol. The molecule has 2 atom stereocenters. The van der Waals surface area contributed by atoms with Gasteiger partial charge in [0.2, 0.25) is 5.91 Å². The van der Waals surface area contributed by atoms with Gasteiger partial charge in [0.1, 0.15) is 11.6 Å². The Labute approximate surface area is 221 Å². The van der Waals surface area contributed by atoms with E-state index in [2.05, 4.69) is 10.3 Å². The standard InChI is InChI=1S/C27H30N4O6S/c1-18-19-9-2-3-12-23(19)37-25(18)27(34)31-16-7-5-11-21(31)26(33)29-20-10-8-15-30(17-22(20)32)38(35,36)24-13-4-6-14-28-24/h2-4,6,9,12-14,20-21H,5,7-8,10-11,15-17H2,1H3,(H,29,33)/t20?,21-/m0/s1. The number of benzene rings is 1. The van der Waals surface area contributed by atoms with Gasteiger partial charge in [0.15, 0.2) is 16.6 Å². The highest BCUT2D eigenvalue weighted by molar-refractivity contribution is 7.89. The molecule has 1 aromatic carbocycles. The zero-order valence-electron chi connectivity index (χ0n) is 21.1. The van der Waals surface area contributed by atoms with Gasteiger partial charge in [0.05, 0.1) is 12.6 Å². The molecule has 2 saturated heterocycles. The number of hydrogen-bond donors (Lipinski definition) is 1. The van der Waals surface area contributed by atoms with Crippen LogP contribution in [0.1, 0.15) is 48.2 Å². The van der Waals surface area contributed by atoms with Crippen molar-refractivity contribution in [3.05, 3.63) is 60.0 Å². The Morgan fingerprint density at radius 2 is 1.82 bits per heavy atom. The molecule has 1 N–H and O–H groups in total. The SMILES string of the molecule is Cc1c(C(=O)N2CCCC[C@H]2C(=O)NC2CCCN(S(=O)(=O)c3ccccn3)CC2=O)oc2ccccc12. The predicted molar refractivity (Wildman–Crippen MR) is 139 cm³/mol. The third kappa shape index (κ3) is 4.95. The molecule has 0 saturated carbocycles. The van der Waals surface area contributed by atoms with Crippen molar-refractivity contribution in [3.63, 3.8) is 0 Å². The molecule has 4 heterocycles. The van der Waals surface area contributed by atoms with Gasteiger partial charge in [-0.2, -0.15) is 4.31 Å². The van der Waals surface area contributed by atoms with Gasteiger partial charge in [-0.05, 0) is 57.2 Å². The minimum Gasteiger partial charge on any atom is -0.451 e. The van der Waals surface area contributed by atoms with Crippen LogP contribution in [0.4, 0.5) is 0 Å². The number of carbonyl (C=O) groups excluding carboxylic acids is 3. The quantitative estimate of drug-likeness (QED) is 0.529. The number of Topliss-reactive ketones (excluding diaryl/α,β-unsaturated/α-hetero) is 1. The minimum atomic E-state index is -3.93. The second-order valence-electron chi connectivity index (χ2n) is 9.74. The first kappa shape index (κ1) is 26.1. The summed E-state index contributed by atoms with van der Waals surface area (Å²) in [6.07, 6.45) is 4.10. The number of hydrogen-bond acceptors (Lipinski definition) is 7. The van der Waals surface area contributed by atoms with Crippen molar-refractivity contribution in [1.82, 2.24) is 19.5 Å². The van der Waals surface area contributed by atoms with Crippen molar-refractivity contribution in [1.29, 1.82) is 0 Å². The second-order valence-corrected chi connectivity index (χ2v) is 11.6. The molecule has 2 fully saturated rings. The van der Waals surface area contributed by atoms with Crippen LogP contribution >= 0.6 is 0 Å². The van der Waals surface area contributed by atoms with Crippen LogP contribution in [0.2, 0.25) is 0 Å². The normalized spacial score (nSPS) is 21.3. The molecule has 1 unspecified atom stereocenters. The smallest absolute Gasteiger partial charge is 0.290 e. The Bertz CT molecular complexity index is 1470. The molecule has 11 heteroatoms. The summed E-state index contributed by atoms with van der Waals surface area (Å²) in [6.45, 7) is 2.03. The van der Waals surface area contributed by atoms with E-state index >= 15 is 0 Å². The van der Waals surface area contributed by atoms with Gasteiger partial charge in [0.25, 0.3) is 15.9 Å². The lowest BCUT2D eigenvalue weighted by Gasteiger charge is -2.35. The topological polar surface area (TPSA) is 130 Å². The zero-order chi connectivity index (χ0) is 26.9. The van der Waals surface area contributed by atoms with Crippen LogP contribution in [0.3, 0.4) is 0 Å². The van der Waals surface area contributed by atoms with Crippen molar-refractivity contribution in [2.45, 2.75) is 56.1 Å². The van der Waals surface area contributed by atoms with Crippen molar-refractivity contribution >= 4 is 38.6 Å². The number of aromatic nitrogens is 1. The van der Waals surface area contributed by atoms with Crippen molar-refractivity contribution in [2.24, 2.45) is 0 Å². The number of rotatable bonds is 5. The lowest BCUT2D eigenvalue weighted by molar-refractivity contribution is -0.131. The van der Waals surface area contributed by atoms with Gasteiger partial charge in [-0.25, -0.2) is 13.4 Å². The number of nitrogens with one attached hydrogen (secondary N) is 1. The van der Waals surface area contributed by atoms with Gasteiger partial charge in [-0.15, -0.1) is 0 Å². The Morgan fingerprint density at radius 3 is 2.58 bits per heavy atom. The summed E-state index contributed by atoms with van der Waals surface area (Å²) in [4.78, 5) is 45.4. The lowest BCUT2D eigenvalue weighted by atomic mass is 9.99. The Morgan fingerprint density at radius 1 is 1.03 bits per heavy atom. The van der Waals surface area contributed by atoms with E-state index in [1.165, 1.54) is 17.2 Å². The molecule has 0 aliphatic carbocycles. The highest BCUT2D eigenvalue weighted by Crippen LogP contribution is 2.28. The fourth-order valence-electron chi connectivity index (χ4n) is 5.21. The summed E-state index contributed by atoms with van der Waals surface area (Å²) in [5.74, 6) is -0.937. The van der Waals surface area contributed by atoms with E-state index in [4.69, 9.17) is 4.42 Å². The molecule has 10 nitrogen and oxygen atoms in total. The van der Waals surface area contributed by atoms with E-state index in [1.807, 2.05) is 25.1 Å². The van der Waals surface area contributed by atoms with Gasteiger partial charge in [-0.1, -0.05) is 24.3 Å². The number of carbonyl (C=O) groups is 3. The first-order valence-corrected chi connectivity index (χ1v) is 14.2. The highest BCUT2D eigenvalue weighted by atomic mass is 32.2. The highest BCUT2D eigenvalue weighted by Gasteiger charge is 2.38. The Hall–Kier alpha value is -3.57. The number of amides is 2. The molecular formula is C27H30N4O6S. The molecule has 0 radical (unpaired) electrons. The number of sulfonamides is 1. The van der Waals surface area contributed by atoms with Crippen LogP contribution in [-0.2, 0) is 19.6 Å². The Balaban J connectivity index is 1.30. The Kier molecular flexibility index (Phi) is 7.31. The largest absolute Gasteiger partial charge is 0.451 e. The number of fused-ring (bicyclic) bond motifs is 1. The number of para-hydroxylation sites is 1. The molecule has 2 aliphatic heterocycles. The number of ketones is 1. The molecule has 2 aromatic heterocycles. The summed E-state index contributed by atoms with van der Waals surface area (Å²) < 4.78 is 32.9. The van der Waals surface area contributed by atoms with Gasteiger partial charge < -0.3 is 14.6 Å². The molecule has 2 amide bonds. The van der Waals surface area contributed by atoms with Crippen molar-refractivity contribution < 1.29 is 27.2 Å². The number of pyridine rings is 1. The van der Waals surface area contributed by atoms with Crippen LogP contribution in [-0.4, -0.2) is 71.9 Å². The van der Waals surface area contributed by atoms with Crippen LogP contribution in [0, 0.1) is 6.92 Å².